The summed E-state index contributed by atoms with van der Waals surface area (Å²) in [6.45, 7) is 0.985. The van der Waals surface area contributed by atoms with Crippen LogP contribution in [-0.2, 0) is 13.6 Å². The minimum absolute atomic E-state index is 0. The molecule has 0 spiro atoms. The second-order valence-corrected chi connectivity index (χ2v) is 7.30. The van der Waals surface area contributed by atoms with E-state index >= 15 is 0 Å². The molecule has 0 N–H and O–H groups in total. The van der Waals surface area contributed by atoms with Gasteiger partial charge in [0.05, 0.1) is 26.8 Å². The van der Waals surface area contributed by atoms with Gasteiger partial charge in [-0.05, 0) is 23.8 Å². The van der Waals surface area contributed by atoms with Gasteiger partial charge in [0.25, 0.3) is 0 Å². The molecule has 122 valence electrons. The van der Waals surface area contributed by atoms with E-state index in [1.54, 1.807) is 0 Å². The van der Waals surface area contributed by atoms with Crippen molar-refractivity contribution in [3.63, 3.8) is 0 Å². The number of hydrogen-bond donors (Lipinski definition) is 0. The van der Waals surface area contributed by atoms with Crippen LogP contribution in [0.25, 0.3) is 22.2 Å². The zero-order valence-corrected chi connectivity index (χ0v) is 16.9. The number of aryl methyl sites for hydroxylation is 1. The van der Waals surface area contributed by atoms with Crippen LogP contribution in [0.4, 0.5) is 0 Å². The molecule has 3 rings (SSSR count). The molecule has 0 aliphatic heterocycles. The number of quaternary nitrogens is 1. The summed E-state index contributed by atoms with van der Waals surface area (Å²) in [5, 5.41) is 2.11. The lowest BCUT2D eigenvalue weighted by atomic mass is 10.0. The maximum Gasteiger partial charge on any atom is 0.106 e. The van der Waals surface area contributed by atoms with Crippen LogP contribution in [0, 0.1) is 0 Å². The normalized spacial score (nSPS) is 11.5. The van der Waals surface area contributed by atoms with Gasteiger partial charge in [-0.3, -0.25) is 0 Å². The van der Waals surface area contributed by atoms with Gasteiger partial charge in [0.15, 0.2) is 0 Å². The molecular formula is C19H22ClIN2. The largest absolute Gasteiger partial charge is 1.00 e. The molecular weight excluding hydrogens is 419 g/mol. The molecule has 23 heavy (non-hydrogen) atoms. The monoisotopic (exact) mass is 440 g/mol. The Kier molecular flexibility index (Phi) is 5.44. The lowest BCUT2D eigenvalue weighted by Gasteiger charge is -2.24. The molecule has 1 heterocycles. The van der Waals surface area contributed by atoms with Crippen LogP contribution in [0.1, 0.15) is 5.56 Å². The van der Waals surface area contributed by atoms with Gasteiger partial charge in [0, 0.05) is 28.5 Å². The highest BCUT2D eigenvalue weighted by Crippen LogP contribution is 2.34. The Bertz CT molecular complexity index is 814. The van der Waals surface area contributed by atoms with Crippen LogP contribution < -0.4 is 24.0 Å². The Labute approximate surface area is 160 Å². The third-order valence-corrected chi connectivity index (χ3v) is 4.21. The van der Waals surface area contributed by atoms with Gasteiger partial charge >= 0.3 is 0 Å². The average molecular weight is 441 g/mol. The summed E-state index contributed by atoms with van der Waals surface area (Å²) in [5.74, 6) is 0. The third-order valence-electron chi connectivity index (χ3n) is 3.96. The SMILES string of the molecule is Cn1c(-c2ccc(Cl)cc2)c(C[N+](C)(C)C)c2ccccc21.[I-]. The first-order valence-corrected chi connectivity index (χ1v) is 7.87. The molecule has 0 radical (unpaired) electrons. The van der Waals surface area contributed by atoms with Gasteiger partial charge in [-0.25, -0.2) is 0 Å². The zero-order chi connectivity index (χ0) is 15.9. The van der Waals surface area contributed by atoms with Gasteiger partial charge in [0.2, 0.25) is 0 Å². The van der Waals surface area contributed by atoms with Gasteiger partial charge in [-0.15, -0.1) is 0 Å². The summed E-state index contributed by atoms with van der Waals surface area (Å²) in [7, 11) is 8.83. The molecule has 0 fully saturated rings. The number of nitrogens with zero attached hydrogens (tertiary/aromatic N) is 2. The molecule has 1 aromatic heterocycles. The molecule has 3 aromatic rings. The molecule has 2 aromatic carbocycles. The Balaban J connectivity index is 0.00000192. The van der Waals surface area contributed by atoms with Crippen LogP contribution in [-0.4, -0.2) is 30.2 Å². The molecule has 0 unspecified atom stereocenters. The summed E-state index contributed by atoms with van der Waals surface area (Å²) < 4.78 is 3.19. The fourth-order valence-electron chi connectivity index (χ4n) is 3.08. The highest BCUT2D eigenvalue weighted by atomic mass is 127. The van der Waals surface area contributed by atoms with Crippen LogP contribution in [0.2, 0.25) is 5.02 Å². The average Bonchev–Trinajstić information content (AvgIpc) is 2.72. The van der Waals surface area contributed by atoms with E-state index in [0.29, 0.717) is 0 Å². The summed E-state index contributed by atoms with van der Waals surface area (Å²) in [5.41, 5.74) is 5.17. The van der Waals surface area contributed by atoms with Crippen molar-refractivity contribution in [1.82, 2.24) is 4.57 Å². The second-order valence-electron chi connectivity index (χ2n) is 6.86. The van der Waals surface area contributed by atoms with Crippen molar-refractivity contribution in [1.29, 1.82) is 0 Å². The van der Waals surface area contributed by atoms with Crippen LogP contribution >= 0.6 is 11.6 Å². The Morgan fingerprint density at radius 3 is 2.17 bits per heavy atom. The summed E-state index contributed by atoms with van der Waals surface area (Å²) in [6.07, 6.45) is 0. The number of rotatable bonds is 3. The number of fused-ring (bicyclic) bond motifs is 1. The number of halogens is 2. The van der Waals surface area contributed by atoms with E-state index in [0.717, 1.165) is 16.1 Å². The predicted molar refractivity (Wildman–Crippen MR) is 95.1 cm³/mol. The molecule has 0 saturated carbocycles. The number of hydrogen-bond acceptors (Lipinski definition) is 0. The van der Waals surface area contributed by atoms with Crippen molar-refractivity contribution in [3.05, 3.63) is 59.1 Å². The van der Waals surface area contributed by atoms with Gasteiger partial charge in [-0.2, -0.15) is 0 Å². The molecule has 0 amide bonds. The molecule has 0 atom stereocenters. The Morgan fingerprint density at radius 1 is 0.957 bits per heavy atom. The highest BCUT2D eigenvalue weighted by Gasteiger charge is 2.21. The molecule has 0 aliphatic carbocycles. The van der Waals surface area contributed by atoms with Crippen molar-refractivity contribution < 1.29 is 28.5 Å². The molecule has 4 heteroatoms. The van der Waals surface area contributed by atoms with Crippen molar-refractivity contribution >= 4 is 22.5 Å². The lowest BCUT2D eigenvalue weighted by molar-refractivity contribution is -0.883. The minimum atomic E-state index is 0. The first kappa shape index (κ1) is 18.3. The maximum atomic E-state index is 6.05. The number of para-hydroxylation sites is 1. The zero-order valence-electron chi connectivity index (χ0n) is 14.0. The van der Waals surface area contributed by atoms with Crippen LogP contribution in [0.5, 0.6) is 0 Å². The lowest BCUT2D eigenvalue weighted by Crippen LogP contribution is -3.00. The summed E-state index contributed by atoms with van der Waals surface area (Å²) >= 11 is 6.05. The Hall–Kier alpha value is -1.04. The number of benzene rings is 2. The molecule has 0 aliphatic rings. The quantitative estimate of drug-likeness (QED) is 0.432. The van der Waals surface area contributed by atoms with Gasteiger partial charge in [-0.1, -0.05) is 41.9 Å². The van der Waals surface area contributed by atoms with E-state index in [1.807, 2.05) is 12.1 Å². The standard InChI is InChI=1S/C19H22ClN2.HI/c1-21-18-8-6-5-7-16(18)17(13-22(2,3)4)19(21)14-9-11-15(20)12-10-14;/h5-12H,13H2,1-4H3;1H/q+1;/p-1. The van der Waals surface area contributed by atoms with Crippen molar-refractivity contribution in [2.45, 2.75) is 6.54 Å². The van der Waals surface area contributed by atoms with E-state index < -0.39 is 0 Å². The third kappa shape index (κ3) is 3.73. The first-order valence-electron chi connectivity index (χ1n) is 7.49. The number of aromatic nitrogens is 1. The topological polar surface area (TPSA) is 4.93 Å². The van der Waals surface area contributed by atoms with E-state index in [2.05, 4.69) is 69.2 Å². The van der Waals surface area contributed by atoms with E-state index in [9.17, 15) is 0 Å². The van der Waals surface area contributed by atoms with Crippen molar-refractivity contribution in [3.8, 4) is 11.3 Å². The van der Waals surface area contributed by atoms with Crippen molar-refractivity contribution in [2.24, 2.45) is 7.05 Å². The summed E-state index contributed by atoms with van der Waals surface area (Å²) in [4.78, 5) is 0. The van der Waals surface area contributed by atoms with E-state index in [4.69, 9.17) is 11.6 Å². The second kappa shape index (κ2) is 6.83. The maximum absolute atomic E-state index is 6.05. The first-order chi connectivity index (χ1) is 10.4. The van der Waals surface area contributed by atoms with Gasteiger partial charge in [0.1, 0.15) is 6.54 Å². The molecule has 0 saturated heterocycles. The summed E-state index contributed by atoms with van der Waals surface area (Å²) in [6, 6.07) is 16.8. The Morgan fingerprint density at radius 2 is 1.57 bits per heavy atom. The fourth-order valence-corrected chi connectivity index (χ4v) is 3.21. The van der Waals surface area contributed by atoms with Crippen molar-refractivity contribution in [2.75, 3.05) is 21.1 Å². The fraction of sp³-hybridized carbons (Fsp3) is 0.263. The smallest absolute Gasteiger partial charge is 0.106 e. The predicted octanol–water partition coefficient (Wildman–Crippen LogP) is 1.71. The van der Waals surface area contributed by atoms with Crippen LogP contribution in [0.3, 0.4) is 0 Å². The van der Waals surface area contributed by atoms with Crippen LogP contribution in [0.15, 0.2) is 48.5 Å². The van der Waals surface area contributed by atoms with E-state index in [-0.39, 0.29) is 24.0 Å². The highest BCUT2D eigenvalue weighted by molar-refractivity contribution is 6.30. The minimum Gasteiger partial charge on any atom is -1.00 e. The molecule has 0 bridgehead atoms. The van der Waals surface area contributed by atoms with Gasteiger partial charge < -0.3 is 33.0 Å². The van der Waals surface area contributed by atoms with E-state index in [1.165, 1.54) is 27.7 Å². The molecule has 2 nitrogen and oxygen atoms in total.